The number of rotatable bonds is 6. The highest BCUT2D eigenvalue weighted by atomic mass is 32.1. The Labute approximate surface area is 141 Å². The number of nitrogens with one attached hydrogen (secondary N) is 2. The summed E-state index contributed by atoms with van der Waals surface area (Å²) in [7, 11) is 1.57. The van der Waals surface area contributed by atoms with Crippen molar-refractivity contribution < 1.29 is 24.5 Å². The van der Waals surface area contributed by atoms with Gasteiger partial charge in [-0.15, -0.1) is 10.2 Å². The van der Waals surface area contributed by atoms with Crippen LogP contribution in [0.25, 0.3) is 10.6 Å². The Morgan fingerprint density at radius 3 is 2.54 bits per heavy atom. The molecule has 2 amide bonds. The number of aliphatic carboxylic acids is 1. The van der Waals surface area contributed by atoms with Gasteiger partial charge in [0, 0.05) is 5.56 Å². The molecule has 0 saturated heterocycles. The zero-order valence-electron chi connectivity index (χ0n) is 12.9. The van der Waals surface area contributed by atoms with E-state index in [0.29, 0.717) is 10.8 Å². The molecule has 1 aromatic carbocycles. The van der Waals surface area contributed by atoms with E-state index in [0.717, 1.165) is 23.8 Å². The minimum atomic E-state index is -2.05. The van der Waals surface area contributed by atoms with E-state index in [9.17, 15) is 14.7 Å². The van der Waals surface area contributed by atoms with E-state index >= 15 is 0 Å². The molecule has 1 atom stereocenters. The number of carboxylic acid groups (broad SMARTS) is 1. The van der Waals surface area contributed by atoms with Gasteiger partial charge in [0.1, 0.15) is 10.8 Å². The number of aromatic nitrogens is 2. The number of carboxylic acids is 1. The SMILES string of the molecule is COc1ccc(-c2nnc(NC(=O)NCC(C)(O)C(=O)O)s2)cc1. The minimum Gasteiger partial charge on any atom is -0.497 e. The number of hydrogen-bond acceptors (Lipinski definition) is 7. The van der Waals surface area contributed by atoms with Crippen LogP contribution in [0.1, 0.15) is 6.92 Å². The number of carbonyl (C=O) groups excluding carboxylic acids is 1. The van der Waals surface area contributed by atoms with Crippen LogP contribution in [0.15, 0.2) is 24.3 Å². The molecule has 0 aliphatic heterocycles. The zero-order valence-corrected chi connectivity index (χ0v) is 13.8. The summed E-state index contributed by atoms with van der Waals surface area (Å²) in [6.07, 6.45) is 0. The van der Waals surface area contributed by atoms with Gasteiger partial charge in [0.25, 0.3) is 0 Å². The summed E-state index contributed by atoms with van der Waals surface area (Å²) in [4.78, 5) is 22.5. The number of carbonyl (C=O) groups is 2. The fraction of sp³-hybridized carbons (Fsp3) is 0.286. The summed E-state index contributed by atoms with van der Waals surface area (Å²) in [5.41, 5.74) is -1.23. The summed E-state index contributed by atoms with van der Waals surface area (Å²) < 4.78 is 5.07. The van der Waals surface area contributed by atoms with Crippen LogP contribution in [0.3, 0.4) is 0 Å². The summed E-state index contributed by atoms with van der Waals surface area (Å²) in [5, 5.41) is 31.6. The van der Waals surface area contributed by atoms with Crippen molar-refractivity contribution >= 4 is 28.5 Å². The highest BCUT2D eigenvalue weighted by molar-refractivity contribution is 7.18. The largest absolute Gasteiger partial charge is 0.497 e. The van der Waals surface area contributed by atoms with Gasteiger partial charge in [0.05, 0.1) is 13.7 Å². The average molecular weight is 352 g/mol. The standard InChI is InChI=1S/C14H16N4O5S/c1-14(22,11(19)20)7-15-12(21)16-13-18-17-10(24-13)8-3-5-9(23-2)6-4-8/h3-6,22H,7H2,1-2H3,(H,19,20)(H2,15,16,18,21). The monoisotopic (exact) mass is 352 g/mol. The molecule has 24 heavy (non-hydrogen) atoms. The Hall–Kier alpha value is -2.72. The lowest BCUT2D eigenvalue weighted by Crippen LogP contribution is -2.47. The van der Waals surface area contributed by atoms with E-state index in [2.05, 4.69) is 20.8 Å². The first kappa shape index (κ1) is 17.6. The van der Waals surface area contributed by atoms with Crippen molar-refractivity contribution in [3.63, 3.8) is 0 Å². The minimum absolute atomic E-state index is 0.244. The van der Waals surface area contributed by atoms with E-state index in [4.69, 9.17) is 9.84 Å². The van der Waals surface area contributed by atoms with Crippen LogP contribution in [0.4, 0.5) is 9.93 Å². The number of ether oxygens (including phenoxy) is 1. The van der Waals surface area contributed by atoms with Gasteiger partial charge in [-0.25, -0.2) is 9.59 Å². The summed E-state index contributed by atoms with van der Waals surface area (Å²) in [6.45, 7) is 0.640. The van der Waals surface area contributed by atoms with Gasteiger partial charge in [-0.05, 0) is 31.2 Å². The van der Waals surface area contributed by atoms with E-state index in [-0.39, 0.29) is 5.13 Å². The first-order chi connectivity index (χ1) is 11.3. The molecule has 1 unspecified atom stereocenters. The molecule has 0 fully saturated rings. The third-order valence-corrected chi connectivity index (χ3v) is 3.92. The lowest BCUT2D eigenvalue weighted by molar-refractivity contribution is -0.155. The van der Waals surface area contributed by atoms with E-state index in [1.54, 1.807) is 19.2 Å². The predicted octanol–water partition coefficient (Wildman–Crippen LogP) is 1.17. The second kappa shape index (κ2) is 7.23. The normalized spacial score (nSPS) is 13.0. The van der Waals surface area contributed by atoms with Crippen LogP contribution in [0.2, 0.25) is 0 Å². The fourth-order valence-electron chi connectivity index (χ4n) is 1.59. The number of anilines is 1. The Morgan fingerprint density at radius 2 is 1.96 bits per heavy atom. The van der Waals surface area contributed by atoms with Gasteiger partial charge >= 0.3 is 12.0 Å². The predicted molar refractivity (Wildman–Crippen MR) is 87.2 cm³/mol. The van der Waals surface area contributed by atoms with E-state index in [1.807, 2.05) is 12.1 Å². The molecule has 2 rings (SSSR count). The van der Waals surface area contributed by atoms with Gasteiger partial charge in [-0.2, -0.15) is 0 Å². The van der Waals surface area contributed by atoms with Crippen LogP contribution < -0.4 is 15.4 Å². The van der Waals surface area contributed by atoms with Crippen LogP contribution in [-0.2, 0) is 4.79 Å². The number of methoxy groups -OCH3 is 1. The highest BCUT2D eigenvalue weighted by Crippen LogP contribution is 2.27. The lowest BCUT2D eigenvalue weighted by Gasteiger charge is -2.17. The molecule has 0 saturated carbocycles. The summed E-state index contributed by atoms with van der Waals surface area (Å²) in [6, 6.07) is 6.50. The molecule has 0 radical (unpaired) electrons. The van der Waals surface area contributed by atoms with Gasteiger partial charge in [0.2, 0.25) is 5.13 Å². The molecule has 10 heteroatoms. The van der Waals surface area contributed by atoms with Crippen LogP contribution >= 0.6 is 11.3 Å². The molecule has 128 valence electrons. The van der Waals surface area contributed by atoms with Gasteiger partial charge in [0.15, 0.2) is 5.60 Å². The highest BCUT2D eigenvalue weighted by Gasteiger charge is 2.30. The molecule has 1 aromatic heterocycles. The van der Waals surface area contributed by atoms with Crippen molar-refractivity contribution in [3.8, 4) is 16.3 Å². The van der Waals surface area contributed by atoms with Crippen molar-refractivity contribution in [1.29, 1.82) is 0 Å². The Balaban J connectivity index is 1.95. The second-order valence-electron chi connectivity index (χ2n) is 5.03. The molecular formula is C14H16N4O5S. The van der Waals surface area contributed by atoms with Crippen molar-refractivity contribution in [1.82, 2.24) is 15.5 Å². The number of aliphatic hydroxyl groups is 1. The number of urea groups is 1. The maximum absolute atomic E-state index is 11.7. The molecule has 0 aliphatic rings. The molecule has 9 nitrogen and oxygen atoms in total. The van der Waals surface area contributed by atoms with Crippen molar-refractivity contribution in [2.24, 2.45) is 0 Å². The maximum Gasteiger partial charge on any atom is 0.337 e. The molecule has 2 aromatic rings. The van der Waals surface area contributed by atoms with Gasteiger partial charge < -0.3 is 20.3 Å². The number of nitrogens with zero attached hydrogens (tertiary/aromatic N) is 2. The smallest absolute Gasteiger partial charge is 0.337 e. The molecule has 0 bridgehead atoms. The number of hydrogen-bond donors (Lipinski definition) is 4. The Bertz CT molecular complexity index is 729. The van der Waals surface area contributed by atoms with Crippen LogP contribution in [-0.4, -0.2) is 51.7 Å². The van der Waals surface area contributed by atoms with E-state index in [1.165, 1.54) is 0 Å². The van der Waals surface area contributed by atoms with Gasteiger partial charge in [-0.1, -0.05) is 11.3 Å². The lowest BCUT2D eigenvalue weighted by atomic mass is 10.1. The number of benzene rings is 1. The molecule has 0 aliphatic carbocycles. The van der Waals surface area contributed by atoms with Crippen molar-refractivity contribution in [2.45, 2.75) is 12.5 Å². The quantitative estimate of drug-likeness (QED) is 0.613. The molecular weight excluding hydrogens is 336 g/mol. The Kier molecular flexibility index (Phi) is 5.31. The van der Waals surface area contributed by atoms with E-state index < -0.39 is 24.1 Å². The summed E-state index contributed by atoms with van der Waals surface area (Å²) >= 11 is 1.15. The summed E-state index contributed by atoms with van der Waals surface area (Å²) in [5.74, 6) is -0.716. The topological polar surface area (TPSA) is 134 Å². The molecule has 1 heterocycles. The first-order valence-electron chi connectivity index (χ1n) is 6.80. The van der Waals surface area contributed by atoms with Crippen LogP contribution in [0.5, 0.6) is 5.75 Å². The Morgan fingerprint density at radius 1 is 1.29 bits per heavy atom. The zero-order chi connectivity index (χ0) is 17.7. The van der Waals surface area contributed by atoms with Crippen molar-refractivity contribution in [3.05, 3.63) is 24.3 Å². The number of amides is 2. The van der Waals surface area contributed by atoms with Crippen molar-refractivity contribution in [2.75, 3.05) is 19.0 Å². The fourth-order valence-corrected chi connectivity index (χ4v) is 2.34. The second-order valence-corrected chi connectivity index (χ2v) is 6.01. The van der Waals surface area contributed by atoms with Crippen LogP contribution in [0, 0.1) is 0 Å². The van der Waals surface area contributed by atoms with Gasteiger partial charge in [-0.3, -0.25) is 5.32 Å². The third-order valence-electron chi connectivity index (χ3n) is 3.04. The first-order valence-corrected chi connectivity index (χ1v) is 7.62. The molecule has 0 spiro atoms. The molecule has 4 N–H and O–H groups in total. The maximum atomic E-state index is 11.7. The average Bonchev–Trinajstić information content (AvgIpc) is 3.01. The third kappa shape index (κ3) is 4.40.